The summed E-state index contributed by atoms with van der Waals surface area (Å²) in [7, 11) is 0. The highest BCUT2D eigenvalue weighted by Gasteiger charge is 2.08. The fraction of sp³-hybridized carbons (Fsp3) is 0.238. The molecule has 0 N–H and O–H groups in total. The summed E-state index contributed by atoms with van der Waals surface area (Å²) < 4.78 is 0. The molecule has 0 spiro atoms. The maximum Gasteiger partial charge on any atom is -0.0187 e. The largest absolute Gasteiger partial charge is 0.0776 e. The second-order valence-electron chi connectivity index (χ2n) is 4.60. The van der Waals surface area contributed by atoms with Gasteiger partial charge in [-0.25, -0.2) is 0 Å². The van der Waals surface area contributed by atoms with Gasteiger partial charge in [0.15, 0.2) is 0 Å². The average Bonchev–Trinajstić information content (AvgIpc) is 2.49. The normalized spacial score (nSPS) is 12.8. The monoisotopic (exact) mass is 280 g/mol. The molecule has 112 valence electrons. The van der Waals surface area contributed by atoms with Gasteiger partial charge < -0.3 is 0 Å². The molecule has 0 aromatic heterocycles. The first-order valence-electron chi connectivity index (χ1n) is 6.45. The van der Waals surface area contributed by atoms with E-state index in [-0.39, 0.29) is 22.3 Å². The van der Waals surface area contributed by atoms with E-state index < -0.39 is 0 Å². The highest BCUT2D eigenvalue weighted by Crippen LogP contribution is 2.30. The molecule has 0 aliphatic heterocycles. The summed E-state index contributed by atoms with van der Waals surface area (Å²) in [5.41, 5.74) is 5.45. The lowest BCUT2D eigenvalue weighted by molar-refractivity contribution is 1.06. The van der Waals surface area contributed by atoms with E-state index in [9.17, 15) is 0 Å². The molecular weight excluding hydrogens is 252 g/mol. The first kappa shape index (κ1) is 18.9. The van der Waals surface area contributed by atoms with Crippen molar-refractivity contribution in [3.63, 3.8) is 0 Å². The van der Waals surface area contributed by atoms with Crippen molar-refractivity contribution < 1.29 is 0 Å². The molecule has 2 aromatic carbocycles. The Kier molecular flexibility index (Phi) is 8.08. The highest BCUT2D eigenvalue weighted by molar-refractivity contribution is 5.85. The third-order valence-electron chi connectivity index (χ3n) is 3.36. The van der Waals surface area contributed by atoms with Crippen molar-refractivity contribution in [2.24, 2.45) is 0 Å². The zero-order valence-corrected chi connectivity index (χ0v) is 10.3. The van der Waals surface area contributed by atoms with Gasteiger partial charge in [0.05, 0.1) is 0 Å². The van der Waals surface area contributed by atoms with Crippen LogP contribution in [0.3, 0.4) is 0 Å². The summed E-state index contributed by atoms with van der Waals surface area (Å²) in [6.07, 6.45) is 6.93. The summed E-state index contributed by atoms with van der Waals surface area (Å²) in [4.78, 5) is 0. The van der Waals surface area contributed by atoms with Crippen LogP contribution in [-0.4, -0.2) is 0 Å². The van der Waals surface area contributed by atoms with Crippen LogP contribution in [0.2, 0.25) is 0 Å². The van der Waals surface area contributed by atoms with E-state index in [1.54, 1.807) is 0 Å². The highest BCUT2D eigenvalue weighted by atomic mass is 14.1. The first-order chi connectivity index (χ1) is 8.93. The number of hydrogen-bond donors (Lipinski definition) is 0. The molecular formula is C21H28. The van der Waals surface area contributed by atoms with Crippen molar-refractivity contribution in [2.75, 3.05) is 0 Å². The Hall–Kier alpha value is -2.08. The van der Waals surface area contributed by atoms with Crippen molar-refractivity contribution in [1.29, 1.82) is 0 Å². The molecule has 1 aliphatic rings. The van der Waals surface area contributed by atoms with Gasteiger partial charge in [-0.15, -0.1) is 0 Å². The van der Waals surface area contributed by atoms with Crippen LogP contribution >= 0.6 is 0 Å². The zero-order valence-electron chi connectivity index (χ0n) is 10.3. The molecule has 0 nitrogen and oxygen atoms in total. The molecule has 0 unspecified atom stereocenters. The van der Waals surface area contributed by atoms with Gasteiger partial charge in [-0.2, -0.15) is 0 Å². The van der Waals surface area contributed by atoms with Crippen LogP contribution in [0.25, 0.3) is 11.1 Å². The van der Waals surface area contributed by atoms with E-state index >= 15 is 0 Å². The Bertz CT molecular complexity index is 574. The summed E-state index contributed by atoms with van der Waals surface area (Å²) in [5.74, 6) is 0. The molecule has 0 atom stereocenters. The minimum atomic E-state index is 0. The van der Waals surface area contributed by atoms with Gasteiger partial charge in [-0.1, -0.05) is 95.1 Å². The maximum atomic E-state index is 2.34. The Morgan fingerprint density at radius 1 is 0.619 bits per heavy atom. The lowest BCUT2D eigenvalue weighted by atomic mass is 9.91. The topological polar surface area (TPSA) is 0 Å². The Morgan fingerprint density at radius 3 is 1.71 bits per heavy atom. The fourth-order valence-electron chi connectivity index (χ4n) is 2.41. The van der Waals surface area contributed by atoms with Crippen LogP contribution in [-0.2, 0) is 0 Å². The van der Waals surface area contributed by atoms with E-state index in [4.69, 9.17) is 0 Å². The lowest BCUT2D eigenvalue weighted by Crippen LogP contribution is -1.92. The molecule has 0 bridgehead atoms. The molecule has 2 aromatic rings. The lowest BCUT2D eigenvalue weighted by Gasteiger charge is -2.14. The van der Waals surface area contributed by atoms with Crippen molar-refractivity contribution in [3.05, 3.63) is 83.9 Å². The van der Waals surface area contributed by atoms with E-state index in [0.29, 0.717) is 0 Å². The van der Waals surface area contributed by atoms with Gasteiger partial charge in [0.2, 0.25) is 0 Å². The van der Waals surface area contributed by atoms with Gasteiger partial charge in [0.25, 0.3) is 0 Å². The first-order valence-corrected chi connectivity index (χ1v) is 6.45. The van der Waals surface area contributed by atoms with Crippen LogP contribution in [0.5, 0.6) is 0 Å². The predicted octanol–water partition coefficient (Wildman–Crippen LogP) is 6.86. The molecule has 0 saturated heterocycles. The van der Waals surface area contributed by atoms with Crippen molar-refractivity contribution in [2.45, 2.75) is 35.1 Å². The van der Waals surface area contributed by atoms with E-state index in [2.05, 4.69) is 72.8 Å². The van der Waals surface area contributed by atoms with E-state index in [0.717, 1.165) is 12.8 Å². The number of allylic oxidation sites excluding steroid dienone is 4. The summed E-state index contributed by atoms with van der Waals surface area (Å²) in [6.45, 7) is 0. The third-order valence-corrected chi connectivity index (χ3v) is 3.36. The summed E-state index contributed by atoms with van der Waals surface area (Å²) in [5, 5.41) is 0. The minimum absolute atomic E-state index is 0. The molecule has 0 saturated carbocycles. The fourth-order valence-corrected chi connectivity index (χ4v) is 2.41. The number of benzene rings is 2. The van der Waals surface area contributed by atoms with Crippen molar-refractivity contribution in [1.82, 2.24) is 0 Å². The van der Waals surface area contributed by atoms with Gasteiger partial charge in [-0.05, 0) is 35.1 Å². The second-order valence-corrected chi connectivity index (χ2v) is 4.60. The maximum absolute atomic E-state index is 2.34. The van der Waals surface area contributed by atoms with Crippen LogP contribution in [0.1, 0.15) is 46.2 Å². The Morgan fingerprint density at radius 2 is 1.14 bits per heavy atom. The Labute approximate surface area is 130 Å². The van der Waals surface area contributed by atoms with Gasteiger partial charge >= 0.3 is 0 Å². The molecule has 1 aliphatic carbocycles. The van der Waals surface area contributed by atoms with Crippen LogP contribution in [0.4, 0.5) is 0 Å². The molecule has 0 heterocycles. The summed E-state index contributed by atoms with van der Waals surface area (Å²) >= 11 is 0. The molecule has 0 fully saturated rings. The molecule has 0 heteroatoms. The SMILES string of the molecule is C.C.C.C1=C(c2ccccc2)C=C(c2ccccc2)CC1. The zero-order chi connectivity index (χ0) is 12.2. The summed E-state index contributed by atoms with van der Waals surface area (Å²) in [6, 6.07) is 21.3. The molecule has 0 amide bonds. The standard InChI is InChI=1S/C18H16.3CH4/c1-3-8-15(9-4-1)17-12-7-13-18(14-17)16-10-5-2-6-11-16;;;/h1-6,8-12,14H,7,13H2;3*1H4. The van der Waals surface area contributed by atoms with Crippen LogP contribution in [0, 0.1) is 0 Å². The predicted molar refractivity (Wildman–Crippen MR) is 98.3 cm³/mol. The van der Waals surface area contributed by atoms with Crippen LogP contribution < -0.4 is 0 Å². The smallest absolute Gasteiger partial charge is 0.0187 e. The quantitative estimate of drug-likeness (QED) is 0.564. The second kappa shape index (κ2) is 8.97. The van der Waals surface area contributed by atoms with E-state index in [1.807, 2.05) is 0 Å². The van der Waals surface area contributed by atoms with Gasteiger partial charge in [-0.3, -0.25) is 0 Å². The molecule has 21 heavy (non-hydrogen) atoms. The number of hydrogen-bond acceptors (Lipinski definition) is 0. The van der Waals surface area contributed by atoms with Crippen LogP contribution in [0.15, 0.2) is 72.8 Å². The number of rotatable bonds is 2. The van der Waals surface area contributed by atoms with Gasteiger partial charge in [0.1, 0.15) is 0 Å². The third kappa shape index (κ3) is 4.46. The van der Waals surface area contributed by atoms with Gasteiger partial charge in [0, 0.05) is 0 Å². The minimum Gasteiger partial charge on any atom is -0.0776 e. The Balaban J connectivity index is 0.00000133. The van der Waals surface area contributed by atoms with Crippen molar-refractivity contribution in [3.8, 4) is 0 Å². The van der Waals surface area contributed by atoms with E-state index in [1.165, 1.54) is 22.3 Å². The average molecular weight is 280 g/mol. The molecule has 0 radical (unpaired) electrons. The molecule has 3 rings (SSSR count). The van der Waals surface area contributed by atoms with Crippen molar-refractivity contribution >= 4 is 11.1 Å².